The molecule has 7 N–H and O–H groups in total. The number of carbonyl (C=O) groups excluding carboxylic acids is 2. The largest absolute Gasteiger partial charge is 0.496 e. The van der Waals surface area contributed by atoms with Crippen molar-refractivity contribution in [3.05, 3.63) is 53.6 Å². The molecule has 3 rings (SSSR count). The van der Waals surface area contributed by atoms with E-state index in [-0.39, 0.29) is 43.7 Å². The Kier molecular flexibility index (Phi) is 23.2. The van der Waals surface area contributed by atoms with Crippen molar-refractivity contribution in [3.63, 3.8) is 0 Å². The molecule has 1 aliphatic heterocycles. The molecule has 2 aromatic carbocycles. The van der Waals surface area contributed by atoms with Crippen LogP contribution in [-0.4, -0.2) is 212 Å². The van der Waals surface area contributed by atoms with Crippen molar-refractivity contribution in [3.8, 4) is 11.5 Å². The number of ether oxygens (including phenoxy) is 2. The molecule has 1 heterocycles. The minimum atomic E-state index is -1.02. The maximum absolute atomic E-state index is 13.4. The van der Waals surface area contributed by atoms with Crippen LogP contribution in [0.15, 0.2) is 47.4 Å². The zero-order valence-corrected chi connectivity index (χ0v) is 39.5. The van der Waals surface area contributed by atoms with Gasteiger partial charge < -0.3 is 45.6 Å². The monoisotopic (exact) mass is 927 g/mol. The summed E-state index contributed by atoms with van der Waals surface area (Å²) in [4.78, 5) is 72.2. The Hall–Kier alpha value is -5.25. The molecule has 0 bridgehead atoms. The van der Waals surface area contributed by atoms with Gasteiger partial charge in [-0.25, -0.2) is 0 Å². The number of methoxy groups -OCH3 is 2. The van der Waals surface area contributed by atoms with Crippen molar-refractivity contribution >= 4 is 58.6 Å². The maximum atomic E-state index is 13.4. The van der Waals surface area contributed by atoms with Crippen LogP contribution in [0.1, 0.15) is 43.7 Å². The standard InChI is InChI=1S/C45H69N9O10S/c1-32(2)34-26-33(12-13-36(34)48-37(27-35(46)45(47)62)44-38(63-5)10-7-11-39(44)64-6)65-25-9-15-49(3)14-8-16-50(4)40(55)28-51-17-19-52(29-41(56)57)21-23-54(31-43(60)61)24-22-53(20-18-51)30-42(58)59/h7,10-13,26-27,32,46,48H,8-9,14-25,28-31H2,1-6H3,(H2,47,62)(H,56,57)(H,58,59)(H,60,61)/b37-27-,46-35?. The number of benzene rings is 2. The van der Waals surface area contributed by atoms with Crippen LogP contribution in [0.5, 0.6) is 11.5 Å². The molecule has 2 amide bonds. The number of hydrogen-bond donors (Lipinski definition) is 6. The van der Waals surface area contributed by atoms with Crippen LogP contribution >= 0.6 is 11.8 Å². The van der Waals surface area contributed by atoms with Crippen molar-refractivity contribution in [2.75, 3.05) is 138 Å². The molecule has 0 spiro atoms. The van der Waals surface area contributed by atoms with E-state index in [1.54, 1.807) is 56.6 Å². The lowest BCUT2D eigenvalue weighted by atomic mass is 10.00. The number of rotatable bonds is 25. The first kappa shape index (κ1) is 54.1. The zero-order chi connectivity index (χ0) is 48.1. The predicted octanol–water partition coefficient (Wildman–Crippen LogP) is 2.52. The van der Waals surface area contributed by atoms with Gasteiger partial charge in [0.2, 0.25) is 5.91 Å². The number of thioether (sulfide) groups is 1. The van der Waals surface area contributed by atoms with E-state index >= 15 is 0 Å². The van der Waals surface area contributed by atoms with Gasteiger partial charge in [0.15, 0.2) is 0 Å². The van der Waals surface area contributed by atoms with Gasteiger partial charge in [0.05, 0.1) is 51.7 Å². The number of amides is 2. The minimum absolute atomic E-state index is 0.0859. The highest BCUT2D eigenvalue weighted by molar-refractivity contribution is 7.99. The molecule has 19 nitrogen and oxygen atoms in total. The van der Waals surface area contributed by atoms with Crippen LogP contribution in [0.25, 0.3) is 5.70 Å². The van der Waals surface area contributed by atoms with E-state index in [1.807, 2.05) is 17.0 Å². The van der Waals surface area contributed by atoms with Gasteiger partial charge in [-0.3, -0.25) is 49.0 Å². The number of nitrogens with one attached hydrogen (secondary N) is 2. The quantitative estimate of drug-likeness (QED) is 0.0476. The number of carbonyl (C=O) groups is 5. The molecule has 1 aliphatic rings. The number of nitrogens with zero attached hydrogens (tertiary/aromatic N) is 6. The van der Waals surface area contributed by atoms with Crippen LogP contribution in [0, 0.1) is 5.41 Å². The lowest BCUT2D eigenvalue weighted by Gasteiger charge is -2.33. The van der Waals surface area contributed by atoms with Gasteiger partial charge in [-0.1, -0.05) is 19.9 Å². The van der Waals surface area contributed by atoms with Crippen LogP contribution < -0.4 is 20.5 Å². The summed E-state index contributed by atoms with van der Waals surface area (Å²) in [5, 5.41) is 40.1. The first-order valence-electron chi connectivity index (χ1n) is 21.7. The normalized spacial score (nSPS) is 15.2. The third kappa shape index (κ3) is 19.4. The van der Waals surface area contributed by atoms with Crippen molar-refractivity contribution in [2.24, 2.45) is 5.73 Å². The van der Waals surface area contributed by atoms with Gasteiger partial charge in [0, 0.05) is 76.5 Å². The summed E-state index contributed by atoms with van der Waals surface area (Å²) in [5.41, 5.74) is 7.91. The second-order valence-electron chi connectivity index (χ2n) is 16.4. The lowest BCUT2D eigenvalue weighted by molar-refractivity contribution is -0.140. The Bertz CT molecular complexity index is 1900. The first-order chi connectivity index (χ1) is 30.9. The third-order valence-corrected chi connectivity index (χ3v) is 12.0. The van der Waals surface area contributed by atoms with Crippen molar-refractivity contribution in [2.45, 2.75) is 37.5 Å². The molecule has 0 aliphatic carbocycles. The molecule has 2 aromatic rings. The van der Waals surface area contributed by atoms with E-state index in [2.05, 4.69) is 37.2 Å². The van der Waals surface area contributed by atoms with Crippen LogP contribution in [-0.2, 0) is 24.0 Å². The molecule has 0 radical (unpaired) electrons. The summed E-state index contributed by atoms with van der Waals surface area (Å²) in [6.45, 7) is 8.52. The number of anilines is 1. The average Bonchev–Trinajstić information content (AvgIpc) is 3.24. The first-order valence-corrected chi connectivity index (χ1v) is 22.7. The van der Waals surface area contributed by atoms with E-state index in [9.17, 15) is 39.3 Å². The van der Waals surface area contributed by atoms with Gasteiger partial charge in [0.25, 0.3) is 5.91 Å². The van der Waals surface area contributed by atoms with Crippen LogP contribution in [0.2, 0.25) is 0 Å². The average molecular weight is 928 g/mol. The number of primary amides is 1. The Morgan fingerprint density at radius 1 is 0.769 bits per heavy atom. The highest BCUT2D eigenvalue weighted by atomic mass is 32.2. The number of carboxylic acids is 3. The number of hydrogen-bond acceptors (Lipinski definition) is 15. The van der Waals surface area contributed by atoms with E-state index in [4.69, 9.17) is 20.6 Å². The second-order valence-corrected chi connectivity index (χ2v) is 17.5. The molecule has 1 saturated heterocycles. The third-order valence-electron chi connectivity index (χ3n) is 10.9. The summed E-state index contributed by atoms with van der Waals surface area (Å²) in [6, 6.07) is 11.5. The van der Waals surface area contributed by atoms with Gasteiger partial charge in [0.1, 0.15) is 17.2 Å². The molecule has 65 heavy (non-hydrogen) atoms. The molecular formula is C45H69N9O10S. The van der Waals surface area contributed by atoms with Gasteiger partial charge >= 0.3 is 17.9 Å². The predicted molar refractivity (Wildman–Crippen MR) is 252 cm³/mol. The topological polar surface area (TPSA) is 246 Å². The highest BCUT2D eigenvalue weighted by Gasteiger charge is 2.23. The molecule has 0 atom stereocenters. The van der Waals surface area contributed by atoms with Gasteiger partial charge in [-0.2, -0.15) is 0 Å². The van der Waals surface area contributed by atoms with Crippen molar-refractivity contribution in [1.29, 1.82) is 5.41 Å². The molecule has 360 valence electrons. The number of nitrogens with two attached hydrogens (primary N) is 1. The molecular weight excluding hydrogens is 859 g/mol. The minimum Gasteiger partial charge on any atom is -0.496 e. The number of likely N-dealkylation sites (N-methyl/N-ethyl adjacent to an activating group) is 1. The fraction of sp³-hybridized carbons (Fsp3) is 0.556. The van der Waals surface area contributed by atoms with Crippen LogP contribution in [0.4, 0.5) is 5.69 Å². The number of carboxylic acid groups (broad SMARTS) is 3. The van der Waals surface area contributed by atoms with Crippen molar-refractivity contribution < 1.29 is 48.8 Å². The summed E-state index contributed by atoms with van der Waals surface area (Å²) >= 11 is 1.76. The van der Waals surface area contributed by atoms with Gasteiger partial charge in [-0.15, -0.1) is 11.8 Å². The lowest BCUT2D eigenvalue weighted by Crippen LogP contribution is -2.50. The molecule has 0 aromatic heterocycles. The maximum Gasteiger partial charge on any atom is 0.317 e. The van der Waals surface area contributed by atoms with Crippen LogP contribution in [0.3, 0.4) is 0 Å². The highest BCUT2D eigenvalue weighted by Crippen LogP contribution is 2.38. The Morgan fingerprint density at radius 2 is 1.25 bits per heavy atom. The molecule has 20 heteroatoms. The smallest absolute Gasteiger partial charge is 0.317 e. The summed E-state index contributed by atoms with van der Waals surface area (Å²) in [6.07, 6.45) is 3.08. The molecule has 1 fully saturated rings. The van der Waals surface area contributed by atoms with Crippen molar-refractivity contribution in [1.82, 2.24) is 29.4 Å². The van der Waals surface area contributed by atoms with E-state index in [0.29, 0.717) is 81.7 Å². The summed E-state index contributed by atoms with van der Waals surface area (Å²) in [5.74, 6) is -1.94. The fourth-order valence-electron chi connectivity index (χ4n) is 7.31. The van der Waals surface area contributed by atoms with E-state index in [1.165, 1.54) is 20.3 Å². The Balaban J connectivity index is 1.55. The second kappa shape index (κ2) is 27.9. The Morgan fingerprint density at radius 3 is 1.69 bits per heavy atom. The Labute approximate surface area is 387 Å². The summed E-state index contributed by atoms with van der Waals surface area (Å²) in [7, 11) is 6.91. The summed E-state index contributed by atoms with van der Waals surface area (Å²) < 4.78 is 11.2. The SMILES string of the molecule is COc1cccc(OC)c1/C(=C/C(=N)C(N)=O)Nc1ccc(SCCCN(C)CCCN(C)C(=O)CN2CCN(CC(=O)O)CCN(CC(=O)O)CCN(CC(=O)O)CC2)cc1C(C)C. The molecule has 0 saturated carbocycles. The van der Waals surface area contributed by atoms with E-state index < -0.39 is 23.8 Å². The van der Waals surface area contributed by atoms with Gasteiger partial charge in [-0.05, 0) is 86.6 Å². The van der Waals surface area contributed by atoms with E-state index in [0.717, 1.165) is 47.8 Å². The fourth-order valence-corrected chi connectivity index (χ4v) is 8.19. The molecule has 0 unspecified atom stereocenters. The zero-order valence-electron chi connectivity index (χ0n) is 38.7. The number of aliphatic carboxylic acids is 3.